The average Bonchev–Trinajstić information content (AvgIpc) is 2.95. The minimum atomic E-state index is 0.0620. The highest BCUT2D eigenvalue weighted by Gasteiger charge is 2.18. The molecule has 0 nitrogen and oxygen atoms in total. The molecule has 0 bridgehead atoms. The molecule has 0 amide bonds. The van der Waals surface area contributed by atoms with E-state index in [-0.39, 0.29) is 5.38 Å². The quantitative estimate of drug-likeness (QED) is 0.510. The van der Waals surface area contributed by atoms with Gasteiger partial charge in [0.25, 0.3) is 0 Å². The Morgan fingerprint density at radius 1 is 1.12 bits per heavy atom. The van der Waals surface area contributed by atoms with Gasteiger partial charge >= 0.3 is 0 Å². The van der Waals surface area contributed by atoms with Gasteiger partial charge in [-0.25, -0.2) is 0 Å². The average molecular weight is 283 g/mol. The second-order valence-electron chi connectivity index (χ2n) is 4.54. The summed E-state index contributed by atoms with van der Waals surface area (Å²) in [4.78, 5) is 4.18. The Morgan fingerprint density at radius 2 is 2.00 bits per heavy atom. The molecule has 3 heteroatoms. The first-order chi connectivity index (χ1) is 8.34. The van der Waals surface area contributed by atoms with Crippen LogP contribution in [0.2, 0.25) is 0 Å². The summed E-state index contributed by atoms with van der Waals surface area (Å²) in [5.41, 5.74) is 1.56. The van der Waals surface area contributed by atoms with E-state index < -0.39 is 0 Å². The smallest absolute Gasteiger partial charge is 0.102 e. The van der Waals surface area contributed by atoms with E-state index in [0.717, 1.165) is 0 Å². The fourth-order valence-corrected chi connectivity index (χ4v) is 4.86. The lowest BCUT2D eigenvalue weighted by Gasteiger charge is -2.03. The number of rotatable bonds is 2. The van der Waals surface area contributed by atoms with E-state index in [4.69, 9.17) is 11.6 Å². The fourth-order valence-electron chi connectivity index (χ4n) is 2.39. The standard InChI is InChI=1S/C14H15ClS2/c15-14(12-7-4-8-16-12)13-9-10-5-2-1-3-6-11(10)17-13/h4,7-9,14H,1-3,5-6H2. The third-order valence-corrected chi connectivity index (χ3v) is 6.28. The number of alkyl halides is 1. The minimum absolute atomic E-state index is 0.0620. The maximum atomic E-state index is 6.55. The summed E-state index contributed by atoms with van der Waals surface area (Å²) in [5.74, 6) is 0. The van der Waals surface area contributed by atoms with Crippen LogP contribution in [-0.2, 0) is 12.8 Å². The van der Waals surface area contributed by atoms with Crippen LogP contribution in [0.3, 0.4) is 0 Å². The van der Waals surface area contributed by atoms with Crippen molar-refractivity contribution in [2.24, 2.45) is 0 Å². The number of aryl methyl sites for hydroxylation is 2. The zero-order valence-corrected chi connectivity index (χ0v) is 12.0. The van der Waals surface area contributed by atoms with Gasteiger partial charge in [-0.15, -0.1) is 34.3 Å². The monoisotopic (exact) mass is 282 g/mol. The molecule has 1 atom stereocenters. The molecule has 1 aliphatic carbocycles. The Morgan fingerprint density at radius 3 is 2.82 bits per heavy atom. The molecular formula is C14H15ClS2. The number of thiophene rings is 2. The molecule has 2 aromatic heterocycles. The number of hydrogen-bond acceptors (Lipinski definition) is 2. The lowest BCUT2D eigenvalue weighted by molar-refractivity contribution is 0.712. The summed E-state index contributed by atoms with van der Waals surface area (Å²) in [7, 11) is 0. The first kappa shape index (κ1) is 11.8. The normalized spacial score (nSPS) is 17.5. The molecule has 1 aliphatic rings. The van der Waals surface area contributed by atoms with E-state index in [0.29, 0.717) is 0 Å². The molecule has 0 fully saturated rings. The second kappa shape index (κ2) is 5.13. The summed E-state index contributed by atoms with van der Waals surface area (Å²) in [5, 5.41) is 2.16. The molecule has 0 spiro atoms. The molecule has 0 aliphatic heterocycles. The van der Waals surface area contributed by atoms with Crippen molar-refractivity contribution in [3.63, 3.8) is 0 Å². The van der Waals surface area contributed by atoms with Gasteiger partial charge in [-0.1, -0.05) is 12.5 Å². The van der Waals surface area contributed by atoms with E-state index >= 15 is 0 Å². The van der Waals surface area contributed by atoms with Crippen LogP contribution in [0.25, 0.3) is 0 Å². The van der Waals surface area contributed by atoms with Crippen molar-refractivity contribution in [3.8, 4) is 0 Å². The zero-order chi connectivity index (χ0) is 11.7. The van der Waals surface area contributed by atoms with Crippen LogP contribution in [0, 0.1) is 0 Å². The van der Waals surface area contributed by atoms with Crippen LogP contribution < -0.4 is 0 Å². The highest BCUT2D eigenvalue weighted by atomic mass is 35.5. The van der Waals surface area contributed by atoms with E-state index in [1.807, 2.05) is 11.3 Å². The summed E-state index contributed by atoms with van der Waals surface area (Å²) in [6.07, 6.45) is 6.58. The van der Waals surface area contributed by atoms with Crippen molar-refractivity contribution in [2.75, 3.05) is 0 Å². The van der Waals surface area contributed by atoms with E-state index in [1.165, 1.54) is 41.9 Å². The minimum Gasteiger partial charge on any atom is -0.147 e. The van der Waals surface area contributed by atoms with Gasteiger partial charge < -0.3 is 0 Å². The molecule has 90 valence electrons. The molecule has 3 rings (SSSR count). The summed E-state index contributed by atoms with van der Waals surface area (Å²) in [6.45, 7) is 0. The summed E-state index contributed by atoms with van der Waals surface area (Å²) >= 11 is 10.2. The van der Waals surface area contributed by atoms with Crippen molar-refractivity contribution >= 4 is 34.3 Å². The zero-order valence-electron chi connectivity index (χ0n) is 9.62. The molecule has 0 N–H and O–H groups in total. The van der Waals surface area contributed by atoms with Gasteiger partial charge in [0, 0.05) is 14.6 Å². The molecule has 0 saturated carbocycles. The van der Waals surface area contributed by atoms with Gasteiger partial charge in [-0.3, -0.25) is 0 Å². The van der Waals surface area contributed by atoms with Crippen LogP contribution in [0.1, 0.15) is 44.8 Å². The van der Waals surface area contributed by atoms with Crippen LogP contribution >= 0.6 is 34.3 Å². The molecule has 17 heavy (non-hydrogen) atoms. The molecule has 0 aromatic carbocycles. The van der Waals surface area contributed by atoms with E-state index in [1.54, 1.807) is 21.8 Å². The van der Waals surface area contributed by atoms with Crippen molar-refractivity contribution in [2.45, 2.75) is 37.5 Å². The van der Waals surface area contributed by atoms with E-state index in [9.17, 15) is 0 Å². The second-order valence-corrected chi connectivity index (χ2v) is 7.12. The van der Waals surface area contributed by atoms with Gasteiger partial charge in [0.2, 0.25) is 0 Å². The summed E-state index contributed by atoms with van der Waals surface area (Å²) in [6, 6.07) is 6.56. The van der Waals surface area contributed by atoms with Gasteiger partial charge in [0.1, 0.15) is 5.38 Å². The van der Waals surface area contributed by atoms with Gasteiger partial charge in [-0.05, 0) is 48.8 Å². The first-order valence-corrected chi connectivity index (χ1v) is 8.27. The maximum absolute atomic E-state index is 6.55. The highest BCUT2D eigenvalue weighted by Crippen LogP contribution is 2.39. The van der Waals surface area contributed by atoms with Crippen molar-refractivity contribution in [1.29, 1.82) is 0 Å². The number of fused-ring (bicyclic) bond motifs is 1. The van der Waals surface area contributed by atoms with Crippen molar-refractivity contribution < 1.29 is 0 Å². The summed E-state index contributed by atoms with van der Waals surface area (Å²) < 4.78 is 0. The molecule has 2 heterocycles. The van der Waals surface area contributed by atoms with Gasteiger partial charge in [0.15, 0.2) is 0 Å². The Hall–Kier alpha value is -0.310. The Kier molecular flexibility index (Phi) is 3.55. The van der Waals surface area contributed by atoms with Crippen LogP contribution in [0.5, 0.6) is 0 Å². The number of hydrogen-bond donors (Lipinski definition) is 0. The molecular weight excluding hydrogens is 268 g/mol. The van der Waals surface area contributed by atoms with E-state index in [2.05, 4.69) is 23.6 Å². The first-order valence-electron chi connectivity index (χ1n) is 6.13. The third kappa shape index (κ3) is 2.44. The van der Waals surface area contributed by atoms with Gasteiger partial charge in [-0.2, -0.15) is 0 Å². The Bertz CT molecular complexity index is 461. The van der Waals surface area contributed by atoms with Gasteiger partial charge in [0.05, 0.1) is 0 Å². The third-order valence-electron chi connectivity index (χ3n) is 3.31. The molecule has 2 aromatic rings. The predicted octanol–water partition coefficient (Wildman–Crippen LogP) is 5.41. The predicted molar refractivity (Wildman–Crippen MR) is 77.6 cm³/mol. The lowest BCUT2D eigenvalue weighted by atomic mass is 10.1. The molecule has 0 radical (unpaired) electrons. The highest BCUT2D eigenvalue weighted by molar-refractivity contribution is 7.13. The fraction of sp³-hybridized carbons (Fsp3) is 0.429. The van der Waals surface area contributed by atoms with Crippen molar-refractivity contribution in [1.82, 2.24) is 0 Å². The Balaban J connectivity index is 1.89. The Labute approximate surface area is 115 Å². The molecule has 0 saturated heterocycles. The topological polar surface area (TPSA) is 0 Å². The maximum Gasteiger partial charge on any atom is 0.102 e. The van der Waals surface area contributed by atoms with Crippen LogP contribution in [-0.4, -0.2) is 0 Å². The number of halogens is 1. The largest absolute Gasteiger partial charge is 0.147 e. The van der Waals surface area contributed by atoms with Crippen molar-refractivity contribution in [3.05, 3.63) is 43.8 Å². The molecule has 1 unspecified atom stereocenters. The van der Waals surface area contributed by atoms with Crippen LogP contribution in [0.4, 0.5) is 0 Å². The lowest BCUT2D eigenvalue weighted by Crippen LogP contribution is -1.85. The van der Waals surface area contributed by atoms with Crippen LogP contribution in [0.15, 0.2) is 23.6 Å². The SMILES string of the molecule is ClC(c1cccs1)c1cc2c(s1)CCCCC2.